The van der Waals surface area contributed by atoms with E-state index < -0.39 is 0 Å². The molecule has 31 heavy (non-hydrogen) atoms. The highest BCUT2D eigenvalue weighted by molar-refractivity contribution is 5.79. The quantitative estimate of drug-likeness (QED) is 0.791. The van der Waals surface area contributed by atoms with Gasteiger partial charge in [0.1, 0.15) is 5.82 Å². The van der Waals surface area contributed by atoms with Crippen LogP contribution in [-0.2, 0) is 4.79 Å². The van der Waals surface area contributed by atoms with Gasteiger partial charge >= 0.3 is 0 Å². The Labute approximate surface area is 185 Å². The molecule has 2 aliphatic heterocycles. The molecule has 4 heterocycles. The summed E-state index contributed by atoms with van der Waals surface area (Å²) < 4.78 is 0. The Balaban J connectivity index is 1.34. The first-order chi connectivity index (χ1) is 15.0. The van der Waals surface area contributed by atoms with Crippen molar-refractivity contribution in [2.24, 2.45) is 5.92 Å². The van der Waals surface area contributed by atoms with E-state index in [4.69, 9.17) is 4.98 Å². The highest BCUT2D eigenvalue weighted by atomic mass is 16.2. The average molecular weight is 423 g/mol. The van der Waals surface area contributed by atoms with E-state index in [0.29, 0.717) is 17.9 Å². The molecule has 0 aliphatic carbocycles. The number of carbonyl (C=O) groups is 1. The zero-order valence-corrected chi connectivity index (χ0v) is 18.9. The van der Waals surface area contributed by atoms with E-state index in [9.17, 15) is 4.79 Å². The number of amides is 1. The minimum absolute atomic E-state index is 0.200. The highest BCUT2D eigenvalue weighted by Crippen LogP contribution is 2.31. The molecule has 7 heteroatoms. The Bertz CT molecular complexity index is 871. The van der Waals surface area contributed by atoms with E-state index in [2.05, 4.69) is 45.0 Å². The van der Waals surface area contributed by atoms with Crippen LogP contribution in [0.1, 0.15) is 56.8 Å². The summed E-state index contributed by atoms with van der Waals surface area (Å²) in [5.74, 6) is 1.67. The lowest BCUT2D eigenvalue weighted by molar-refractivity contribution is -0.138. The summed E-state index contributed by atoms with van der Waals surface area (Å²) in [5, 5.41) is 3.32. The number of nitrogens with zero attached hydrogens (tertiary/aromatic N) is 5. The molecule has 0 aromatic carbocycles. The van der Waals surface area contributed by atoms with E-state index >= 15 is 0 Å². The maximum Gasteiger partial charge on any atom is 0.225 e. The molecule has 2 aromatic rings. The van der Waals surface area contributed by atoms with Gasteiger partial charge in [0.25, 0.3) is 0 Å². The fourth-order valence-electron chi connectivity index (χ4n) is 4.80. The van der Waals surface area contributed by atoms with E-state index in [1.54, 1.807) is 18.6 Å². The van der Waals surface area contributed by atoms with Crippen LogP contribution in [0.4, 0.5) is 11.5 Å². The van der Waals surface area contributed by atoms with Gasteiger partial charge in [-0.3, -0.25) is 14.8 Å². The molecule has 2 saturated heterocycles. The molecule has 0 atom stereocenters. The second-order valence-electron chi connectivity index (χ2n) is 9.14. The van der Waals surface area contributed by atoms with Gasteiger partial charge in [-0.25, -0.2) is 4.98 Å². The molecule has 2 aliphatic rings. The van der Waals surface area contributed by atoms with Gasteiger partial charge in [0.05, 0.1) is 6.20 Å². The third-order valence-electron chi connectivity index (χ3n) is 6.64. The van der Waals surface area contributed by atoms with Crippen LogP contribution in [0.5, 0.6) is 0 Å². The van der Waals surface area contributed by atoms with Crippen LogP contribution in [0.3, 0.4) is 0 Å². The molecule has 0 bridgehead atoms. The molecule has 4 rings (SSSR count). The molecule has 0 spiro atoms. The average Bonchev–Trinajstić information content (AvgIpc) is 2.79. The van der Waals surface area contributed by atoms with Crippen LogP contribution < -0.4 is 5.32 Å². The van der Waals surface area contributed by atoms with E-state index in [1.807, 2.05) is 13.0 Å². The minimum atomic E-state index is 0.200. The van der Waals surface area contributed by atoms with Gasteiger partial charge in [-0.2, -0.15) is 0 Å². The van der Waals surface area contributed by atoms with Gasteiger partial charge in [-0.15, -0.1) is 0 Å². The zero-order chi connectivity index (χ0) is 21.8. The van der Waals surface area contributed by atoms with Gasteiger partial charge in [0.15, 0.2) is 0 Å². The maximum atomic E-state index is 13.1. The molecule has 166 valence electrons. The van der Waals surface area contributed by atoms with Gasteiger partial charge in [-0.05, 0) is 71.7 Å². The molecule has 0 radical (unpaired) electrons. The summed E-state index contributed by atoms with van der Waals surface area (Å²) in [5.41, 5.74) is 3.07. The van der Waals surface area contributed by atoms with Crippen molar-refractivity contribution in [1.82, 2.24) is 24.8 Å². The lowest BCUT2D eigenvalue weighted by Crippen LogP contribution is -2.46. The van der Waals surface area contributed by atoms with Crippen LogP contribution in [0.15, 0.2) is 30.7 Å². The summed E-state index contributed by atoms with van der Waals surface area (Å²) in [7, 11) is 0. The van der Waals surface area contributed by atoms with Crippen LogP contribution in [-0.4, -0.2) is 62.9 Å². The maximum absolute atomic E-state index is 13.1. The van der Waals surface area contributed by atoms with Crippen molar-refractivity contribution in [1.29, 1.82) is 0 Å². The molecule has 1 N–H and O–H groups in total. The zero-order valence-electron chi connectivity index (χ0n) is 18.9. The number of hydrogen-bond donors (Lipinski definition) is 1. The fourth-order valence-corrected chi connectivity index (χ4v) is 4.80. The Kier molecular flexibility index (Phi) is 6.80. The first kappa shape index (κ1) is 21.7. The Hall–Kier alpha value is -2.54. The van der Waals surface area contributed by atoms with Gasteiger partial charge < -0.3 is 15.1 Å². The number of aromatic nitrogens is 3. The molecule has 7 nitrogen and oxygen atoms in total. The largest absolute Gasteiger partial charge is 0.342 e. The number of rotatable bonds is 5. The molecule has 0 unspecified atom stereocenters. The summed E-state index contributed by atoms with van der Waals surface area (Å²) in [6, 6.07) is 4.72. The molecular formula is C24H34N6O. The number of carbonyl (C=O) groups excluding carboxylic acids is 1. The number of anilines is 2. The second-order valence-corrected chi connectivity index (χ2v) is 9.14. The van der Waals surface area contributed by atoms with Crippen molar-refractivity contribution in [2.75, 3.05) is 31.5 Å². The fraction of sp³-hybridized carbons (Fsp3) is 0.583. The number of likely N-dealkylation sites (tertiary alicyclic amines) is 2. The van der Waals surface area contributed by atoms with Crippen molar-refractivity contribution in [3.8, 4) is 0 Å². The SMILES string of the molecule is Cc1cc(Nc2cnccn2)cc(C2CCN(C(=O)C3CCN(C(C)C)CC3)CC2)n1. The number of piperidine rings is 2. The van der Waals surface area contributed by atoms with Crippen molar-refractivity contribution in [3.63, 3.8) is 0 Å². The van der Waals surface area contributed by atoms with Crippen LogP contribution in [0, 0.1) is 12.8 Å². The van der Waals surface area contributed by atoms with E-state index in [0.717, 1.165) is 74.8 Å². The molecule has 2 fully saturated rings. The van der Waals surface area contributed by atoms with Gasteiger partial charge in [0, 0.05) is 60.4 Å². The monoisotopic (exact) mass is 422 g/mol. The van der Waals surface area contributed by atoms with Crippen LogP contribution >= 0.6 is 0 Å². The van der Waals surface area contributed by atoms with Crippen LogP contribution in [0.2, 0.25) is 0 Å². The molecule has 0 saturated carbocycles. The first-order valence-corrected chi connectivity index (χ1v) is 11.5. The Morgan fingerprint density at radius 2 is 1.81 bits per heavy atom. The number of pyridine rings is 1. The summed E-state index contributed by atoms with van der Waals surface area (Å²) >= 11 is 0. The Morgan fingerprint density at radius 3 is 2.45 bits per heavy atom. The van der Waals surface area contributed by atoms with Crippen molar-refractivity contribution in [3.05, 3.63) is 42.1 Å². The van der Waals surface area contributed by atoms with Crippen LogP contribution in [0.25, 0.3) is 0 Å². The summed E-state index contributed by atoms with van der Waals surface area (Å²) in [6.45, 7) is 10.2. The van der Waals surface area contributed by atoms with Gasteiger partial charge in [0.2, 0.25) is 5.91 Å². The van der Waals surface area contributed by atoms with E-state index in [-0.39, 0.29) is 5.92 Å². The Morgan fingerprint density at radius 1 is 1.06 bits per heavy atom. The standard InChI is InChI=1S/C24H34N6O/c1-17(2)29-10-6-20(7-11-29)24(31)30-12-4-19(5-13-30)22-15-21(14-18(3)27-22)28-23-16-25-8-9-26-23/h8-9,14-17,19-20H,4-7,10-13H2,1-3H3,(H,26,27,28). The van der Waals surface area contributed by atoms with Crippen molar-refractivity contribution in [2.45, 2.75) is 58.4 Å². The lowest BCUT2D eigenvalue weighted by atomic mass is 9.90. The lowest BCUT2D eigenvalue weighted by Gasteiger charge is -2.38. The summed E-state index contributed by atoms with van der Waals surface area (Å²) in [6.07, 6.45) is 8.98. The summed E-state index contributed by atoms with van der Waals surface area (Å²) in [4.78, 5) is 30.8. The predicted octanol–water partition coefficient (Wildman–Crippen LogP) is 3.75. The predicted molar refractivity (Wildman–Crippen MR) is 122 cm³/mol. The smallest absolute Gasteiger partial charge is 0.225 e. The number of nitrogens with one attached hydrogen (secondary N) is 1. The topological polar surface area (TPSA) is 74.2 Å². The first-order valence-electron chi connectivity index (χ1n) is 11.5. The minimum Gasteiger partial charge on any atom is -0.342 e. The number of aryl methyl sites for hydroxylation is 1. The van der Waals surface area contributed by atoms with Gasteiger partial charge in [-0.1, -0.05) is 0 Å². The number of hydrogen-bond acceptors (Lipinski definition) is 6. The third-order valence-corrected chi connectivity index (χ3v) is 6.64. The third kappa shape index (κ3) is 5.39. The molecule has 2 aromatic heterocycles. The second kappa shape index (κ2) is 9.73. The van der Waals surface area contributed by atoms with Crippen molar-refractivity contribution >= 4 is 17.4 Å². The highest BCUT2D eigenvalue weighted by Gasteiger charge is 2.32. The molecular weight excluding hydrogens is 388 g/mol. The van der Waals surface area contributed by atoms with Crippen molar-refractivity contribution < 1.29 is 4.79 Å². The molecule has 1 amide bonds. The van der Waals surface area contributed by atoms with E-state index in [1.165, 1.54) is 0 Å². The normalized spacial score (nSPS) is 19.0.